The number of para-hydroxylation sites is 1. The number of nitrogens with one attached hydrogen (secondary N) is 1. The first-order chi connectivity index (χ1) is 11.1. The summed E-state index contributed by atoms with van der Waals surface area (Å²) in [5.74, 6) is -1.41. The second-order valence-electron chi connectivity index (χ2n) is 4.85. The summed E-state index contributed by atoms with van der Waals surface area (Å²) in [7, 11) is 0. The third-order valence-corrected chi connectivity index (χ3v) is 3.51. The summed E-state index contributed by atoms with van der Waals surface area (Å²) < 4.78 is 0. The molecular weight excluding hydrogens is 316 g/mol. The van der Waals surface area contributed by atoms with E-state index in [-0.39, 0.29) is 5.57 Å². The van der Waals surface area contributed by atoms with Crippen LogP contribution in [-0.4, -0.2) is 17.8 Å². The standard InChI is InChI=1S/C17H11ClN2O3/c18-12-6-4-5-11(9-12)10-14-15(21)19-17(23)20(16(14)22)13-7-2-1-3-8-13/h1-10H,(H,19,21,23). The van der Waals surface area contributed by atoms with Crippen LogP contribution in [-0.2, 0) is 9.59 Å². The maximum absolute atomic E-state index is 12.6. The van der Waals surface area contributed by atoms with Gasteiger partial charge in [0.15, 0.2) is 0 Å². The van der Waals surface area contributed by atoms with Gasteiger partial charge in [0.05, 0.1) is 5.69 Å². The van der Waals surface area contributed by atoms with Gasteiger partial charge in [0.2, 0.25) is 0 Å². The minimum atomic E-state index is -0.769. The van der Waals surface area contributed by atoms with Gasteiger partial charge in [-0.2, -0.15) is 0 Å². The topological polar surface area (TPSA) is 66.5 Å². The van der Waals surface area contributed by atoms with E-state index in [4.69, 9.17) is 11.6 Å². The SMILES string of the molecule is O=C1NC(=O)N(c2ccccc2)C(=O)C1=Cc1cccc(Cl)c1. The summed E-state index contributed by atoms with van der Waals surface area (Å²) in [6, 6.07) is 14.4. The first kappa shape index (κ1) is 15.0. The van der Waals surface area contributed by atoms with Crippen LogP contribution in [0.25, 0.3) is 6.08 Å². The predicted molar refractivity (Wildman–Crippen MR) is 86.9 cm³/mol. The van der Waals surface area contributed by atoms with E-state index in [1.807, 2.05) is 0 Å². The third kappa shape index (κ3) is 3.00. The number of rotatable bonds is 2. The lowest BCUT2D eigenvalue weighted by molar-refractivity contribution is -0.122. The van der Waals surface area contributed by atoms with Gasteiger partial charge in [-0.25, -0.2) is 9.69 Å². The van der Waals surface area contributed by atoms with Crippen molar-refractivity contribution in [1.29, 1.82) is 0 Å². The van der Waals surface area contributed by atoms with Crippen LogP contribution in [0.15, 0.2) is 60.2 Å². The molecule has 1 fully saturated rings. The number of hydrogen-bond donors (Lipinski definition) is 1. The van der Waals surface area contributed by atoms with E-state index in [1.165, 1.54) is 6.08 Å². The Balaban J connectivity index is 2.02. The van der Waals surface area contributed by atoms with Gasteiger partial charge in [-0.05, 0) is 35.9 Å². The minimum absolute atomic E-state index is 0.129. The van der Waals surface area contributed by atoms with Crippen LogP contribution < -0.4 is 10.2 Å². The number of carbonyl (C=O) groups excluding carboxylic acids is 3. The first-order valence-corrected chi connectivity index (χ1v) is 7.16. The second kappa shape index (κ2) is 6.06. The maximum atomic E-state index is 12.6. The lowest BCUT2D eigenvalue weighted by atomic mass is 10.1. The fraction of sp³-hybridized carbons (Fsp3) is 0. The molecule has 23 heavy (non-hydrogen) atoms. The Bertz CT molecular complexity index is 831. The number of nitrogens with zero attached hydrogens (tertiary/aromatic N) is 1. The maximum Gasteiger partial charge on any atom is 0.335 e. The molecule has 0 spiro atoms. The highest BCUT2D eigenvalue weighted by Gasteiger charge is 2.36. The number of halogens is 1. The molecule has 1 aliphatic heterocycles. The number of anilines is 1. The number of amides is 4. The Morgan fingerprint density at radius 3 is 2.39 bits per heavy atom. The number of imide groups is 2. The molecule has 1 heterocycles. The van der Waals surface area contributed by atoms with E-state index in [2.05, 4.69) is 5.32 Å². The average Bonchev–Trinajstić information content (AvgIpc) is 2.52. The van der Waals surface area contributed by atoms with E-state index < -0.39 is 17.8 Å². The molecule has 2 aromatic carbocycles. The van der Waals surface area contributed by atoms with Crippen LogP contribution in [0.5, 0.6) is 0 Å². The molecule has 5 nitrogen and oxygen atoms in total. The number of benzene rings is 2. The van der Waals surface area contributed by atoms with Crippen molar-refractivity contribution in [1.82, 2.24) is 5.32 Å². The van der Waals surface area contributed by atoms with E-state index in [0.717, 1.165) is 4.90 Å². The first-order valence-electron chi connectivity index (χ1n) is 6.78. The highest BCUT2D eigenvalue weighted by molar-refractivity contribution is 6.39. The van der Waals surface area contributed by atoms with Crippen molar-refractivity contribution in [2.24, 2.45) is 0 Å². The van der Waals surface area contributed by atoms with Gasteiger partial charge >= 0.3 is 6.03 Å². The molecule has 3 rings (SSSR count). The molecule has 1 saturated heterocycles. The van der Waals surface area contributed by atoms with Gasteiger partial charge in [0.1, 0.15) is 5.57 Å². The zero-order chi connectivity index (χ0) is 16.4. The lowest BCUT2D eigenvalue weighted by Crippen LogP contribution is -2.54. The molecule has 6 heteroatoms. The summed E-state index contributed by atoms with van der Waals surface area (Å²) in [4.78, 5) is 37.5. The summed E-state index contributed by atoms with van der Waals surface area (Å²) in [6.45, 7) is 0. The Kier molecular flexibility index (Phi) is 3.95. The number of hydrogen-bond acceptors (Lipinski definition) is 3. The van der Waals surface area contributed by atoms with Crippen LogP contribution >= 0.6 is 11.6 Å². The highest BCUT2D eigenvalue weighted by Crippen LogP contribution is 2.22. The fourth-order valence-electron chi connectivity index (χ4n) is 2.23. The van der Waals surface area contributed by atoms with Gasteiger partial charge in [0, 0.05) is 5.02 Å². The van der Waals surface area contributed by atoms with Crippen molar-refractivity contribution < 1.29 is 14.4 Å². The zero-order valence-corrected chi connectivity index (χ0v) is 12.6. The molecule has 0 aliphatic carbocycles. The zero-order valence-electron chi connectivity index (χ0n) is 11.8. The van der Waals surface area contributed by atoms with Crippen molar-refractivity contribution in [2.45, 2.75) is 0 Å². The van der Waals surface area contributed by atoms with Crippen LogP contribution in [0, 0.1) is 0 Å². The quantitative estimate of drug-likeness (QED) is 0.681. The molecule has 0 bridgehead atoms. The van der Waals surface area contributed by atoms with Crippen molar-refractivity contribution in [2.75, 3.05) is 4.90 Å². The second-order valence-corrected chi connectivity index (χ2v) is 5.28. The third-order valence-electron chi connectivity index (χ3n) is 3.28. The molecule has 0 atom stereocenters. The Morgan fingerprint density at radius 2 is 1.70 bits per heavy atom. The highest BCUT2D eigenvalue weighted by atomic mass is 35.5. The summed E-state index contributed by atoms with van der Waals surface area (Å²) in [6.07, 6.45) is 1.41. The number of barbiturate groups is 1. The van der Waals surface area contributed by atoms with Crippen molar-refractivity contribution in [3.8, 4) is 0 Å². The van der Waals surface area contributed by atoms with E-state index in [0.29, 0.717) is 16.3 Å². The van der Waals surface area contributed by atoms with Crippen molar-refractivity contribution >= 4 is 41.2 Å². The van der Waals surface area contributed by atoms with E-state index >= 15 is 0 Å². The molecule has 0 aromatic heterocycles. The lowest BCUT2D eigenvalue weighted by Gasteiger charge is -2.26. The van der Waals surface area contributed by atoms with Crippen LogP contribution in [0.4, 0.5) is 10.5 Å². The molecule has 0 radical (unpaired) electrons. The molecule has 1 aliphatic rings. The normalized spacial score (nSPS) is 16.7. The smallest absolute Gasteiger partial charge is 0.273 e. The van der Waals surface area contributed by atoms with Gasteiger partial charge in [0.25, 0.3) is 11.8 Å². The number of carbonyl (C=O) groups is 3. The Hall–Kier alpha value is -2.92. The molecule has 2 aromatic rings. The molecular formula is C17H11ClN2O3. The number of urea groups is 1. The van der Waals surface area contributed by atoms with Crippen molar-refractivity contribution in [3.63, 3.8) is 0 Å². The van der Waals surface area contributed by atoms with E-state index in [1.54, 1.807) is 54.6 Å². The summed E-state index contributed by atoms with van der Waals surface area (Å²) >= 11 is 5.90. The molecule has 4 amide bonds. The van der Waals surface area contributed by atoms with Crippen LogP contribution in [0.2, 0.25) is 5.02 Å². The van der Waals surface area contributed by atoms with Gasteiger partial charge in [-0.15, -0.1) is 0 Å². The van der Waals surface area contributed by atoms with E-state index in [9.17, 15) is 14.4 Å². The Labute approximate surface area is 137 Å². The Morgan fingerprint density at radius 1 is 0.957 bits per heavy atom. The molecule has 114 valence electrons. The van der Waals surface area contributed by atoms with Gasteiger partial charge in [-0.1, -0.05) is 41.9 Å². The molecule has 1 N–H and O–H groups in total. The van der Waals surface area contributed by atoms with Crippen LogP contribution in [0.1, 0.15) is 5.56 Å². The average molecular weight is 327 g/mol. The fourth-order valence-corrected chi connectivity index (χ4v) is 2.43. The van der Waals surface area contributed by atoms with Gasteiger partial charge < -0.3 is 0 Å². The summed E-state index contributed by atoms with van der Waals surface area (Å²) in [5, 5.41) is 2.65. The largest absolute Gasteiger partial charge is 0.335 e. The van der Waals surface area contributed by atoms with Gasteiger partial charge in [-0.3, -0.25) is 14.9 Å². The predicted octanol–water partition coefficient (Wildman–Crippen LogP) is 3.01. The minimum Gasteiger partial charge on any atom is -0.273 e. The summed E-state index contributed by atoms with van der Waals surface area (Å²) in [5.41, 5.74) is 0.855. The molecule has 0 unspecified atom stereocenters. The monoisotopic (exact) mass is 326 g/mol. The van der Waals surface area contributed by atoms with Crippen molar-refractivity contribution in [3.05, 3.63) is 70.8 Å². The molecule has 0 saturated carbocycles. The van der Waals surface area contributed by atoms with Crippen LogP contribution in [0.3, 0.4) is 0 Å².